The lowest BCUT2D eigenvalue weighted by Gasteiger charge is -2.02. The number of aryl methyl sites for hydroxylation is 1. The number of nitrogens with one attached hydrogen (secondary N) is 1. The number of hydrogen-bond donors (Lipinski definition) is 1. The standard InChI is InChI=1S/C14H19NO/c1-3-15-14(16)11-12(2)9-10-13-7-5-4-6-8-13/h4-8,11H,3,9-10H2,1-2H3,(H,15,16)/b12-11-. The fourth-order valence-corrected chi connectivity index (χ4v) is 1.51. The molecule has 0 bridgehead atoms. The highest BCUT2D eigenvalue weighted by Gasteiger charge is 1.97. The molecule has 1 amide bonds. The maximum atomic E-state index is 11.3. The molecule has 0 aromatic heterocycles. The van der Waals surface area contributed by atoms with Gasteiger partial charge < -0.3 is 5.32 Å². The number of amides is 1. The minimum Gasteiger partial charge on any atom is -0.353 e. The van der Waals surface area contributed by atoms with Gasteiger partial charge in [0, 0.05) is 12.6 Å². The minimum atomic E-state index is 0.00746. The molecule has 0 unspecified atom stereocenters. The molecule has 0 aliphatic rings. The van der Waals surface area contributed by atoms with Gasteiger partial charge in [-0.15, -0.1) is 0 Å². The van der Waals surface area contributed by atoms with Crippen molar-refractivity contribution in [2.45, 2.75) is 26.7 Å². The molecule has 0 fully saturated rings. The van der Waals surface area contributed by atoms with E-state index in [9.17, 15) is 4.79 Å². The molecule has 1 N–H and O–H groups in total. The van der Waals surface area contributed by atoms with Gasteiger partial charge in [-0.25, -0.2) is 0 Å². The lowest BCUT2D eigenvalue weighted by molar-refractivity contribution is -0.116. The zero-order valence-corrected chi connectivity index (χ0v) is 9.99. The van der Waals surface area contributed by atoms with E-state index in [2.05, 4.69) is 17.4 Å². The first-order chi connectivity index (χ1) is 7.72. The molecule has 2 heteroatoms. The fraction of sp³-hybridized carbons (Fsp3) is 0.357. The molecule has 0 spiro atoms. The first-order valence-corrected chi connectivity index (χ1v) is 5.71. The molecule has 1 aromatic rings. The van der Waals surface area contributed by atoms with E-state index in [1.807, 2.05) is 32.0 Å². The fourth-order valence-electron chi connectivity index (χ4n) is 1.51. The number of carbonyl (C=O) groups is 1. The summed E-state index contributed by atoms with van der Waals surface area (Å²) in [6.07, 6.45) is 3.61. The number of benzene rings is 1. The minimum absolute atomic E-state index is 0.00746. The van der Waals surface area contributed by atoms with Crippen LogP contribution in [-0.4, -0.2) is 12.5 Å². The van der Waals surface area contributed by atoms with Crippen LogP contribution in [0.4, 0.5) is 0 Å². The SMILES string of the molecule is CCNC(=O)/C=C(/C)CCc1ccccc1. The lowest BCUT2D eigenvalue weighted by Crippen LogP contribution is -2.20. The first-order valence-electron chi connectivity index (χ1n) is 5.71. The van der Waals surface area contributed by atoms with Gasteiger partial charge in [-0.1, -0.05) is 35.9 Å². The van der Waals surface area contributed by atoms with Crippen LogP contribution in [0.5, 0.6) is 0 Å². The summed E-state index contributed by atoms with van der Waals surface area (Å²) >= 11 is 0. The Morgan fingerprint density at radius 3 is 2.62 bits per heavy atom. The third-order valence-electron chi connectivity index (χ3n) is 2.38. The average Bonchev–Trinajstić information content (AvgIpc) is 2.28. The summed E-state index contributed by atoms with van der Waals surface area (Å²) in [5, 5.41) is 2.76. The molecule has 0 aliphatic carbocycles. The zero-order valence-electron chi connectivity index (χ0n) is 9.99. The van der Waals surface area contributed by atoms with Crippen LogP contribution < -0.4 is 5.32 Å². The van der Waals surface area contributed by atoms with E-state index in [1.54, 1.807) is 6.08 Å². The smallest absolute Gasteiger partial charge is 0.243 e. The Labute approximate surface area is 97.4 Å². The van der Waals surface area contributed by atoms with Crippen molar-refractivity contribution in [3.8, 4) is 0 Å². The Bertz CT molecular complexity index is 354. The van der Waals surface area contributed by atoms with Gasteiger partial charge >= 0.3 is 0 Å². The Kier molecular flexibility index (Phi) is 5.34. The van der Waals surface area contributed by atoms with Crippen molar-refractivity contribution in [3.63, 3.8) is 0 Å². The molecule has 2 nitrogen and oxygen atoms in total. The summed E-state index contributed by atoms with van der Waals surface area (Å²) in [5.41, 5.74) is 2.43. The lowest BCUT2D eigenvalue weighted by atomic mass is 10.1. The Balaban J connectivity index is 2.40. The van der Waals surface area contributed by atoms with E-state index in [4.69, 9.17) is 0 Å². The van der Waals surface area contributed by atoms with Crippen molar-refractivity contribution in [1.82, 2.24) is 5.32 Å². The van der Waals surface area contributed by atoms with E-state index >= 15 is 0 Å². The maximum absolute atomic E-state index is 11.3. The molecule has 0 atom stereocenters. The maximum Gasteiger partial charge on any atom is 0.243 e. The van der Waals surface area contributed by atoms with Crippen LogP contribution in [0.2, 0.25) is 0 Å². The molecule has 0 aliphatic heterocycles. The number of likely N-dealkylation sites (N-methyl/N-ethyl adjacent to an activating group) is 1. The molecule has 0 heterocycles. The van der Waals surface area contributed by atoms with Gasteiger partial charge in [0.1, 0.15) is 0 Å². The second kappa shape index (κ2) is 6.83. The van der Waals surface area contributed by atoms with Crippen LogP contribution in [0, 0.1) is 0 Å². The molecular formula is C14H19NO. The highest BCUT2D eigenvalue weighted by Crippen LogP contribution is 2.08. The van der Waals surface area contributed by atoms with E-state index < -0.39 is 0 Å². The second-order valence-electron chi connectivity index (χ2n) is 3.87. The predicted octanol–water partition coefficient (Wildman–Crippen LogP) is 2.70. The van der Waals surface area contributed by atoms with E-state index in [-0.39, 0.29) is 5.91 Å². The average molecular weight is 217 g/mol. The number of allylic oxidation sites excluding steroid dienone is 1. The van der Waals surface area contributed by atoms with Gasteiger partial charge in [0.25, 0.3) is 0 Å². The molecule has 0 radical (unpaired) electrons. The third kappa shape index (κ3) is 4.78. The van der Waals surface area contributed by atoms with Gasteiger partial charge in [-0.2, -0.15) is 0 Å². The molecule has 86 valence electrons. The molecule has 0 saturated carbocycles. The molecule has 16 heavy (non-hydrogen) atoms. The molecule has 1 rings (SSSR count). The van der Waals surface area contributed by atoms with Crippen LogP contribution in [0.3, 0.4) is 0 Å². The summed E-state index contributed by atoms with van der Waals surface area (Å²) in [4.78, 5) is 11.3. The third-order valence-corrected chi connectivity index (χ3v) is 2.38. The van der Waals surface area contributed by atoms with E-state index in [1.165, 1.54) is 5.56 Å². The van der Waals surface area contributed by atoms with E-state index in [0.717, 1.165) is 18.4 Å². The Morgan fingerprint density at radius 1 is 1.31 bits per heavy atom. The summed E-state index contributed by atoms with van der Waals surface area (Å²) in [6.45, 7) is 4.60. The van der Waals surface area contributed by atoms with Gasteiger partial charge in [0.2, 0.25) is 5.91 Å². The van der Waals surface area contributed by atoms with Crippen LogP contribution in [-0.2, 0) is 11.2 Å². The van der Waals surface area contributed by atoms with Crippen LogP contribution in [0.25, 0.3) is 0 Å². The normalized spacial score (nSPS) is 11.2. The monoisotopic (exact) mass is 217 g/mol. The van der Waals surface area contributed by atoms with Gasteiger partial charge in [-0.3, -0.25) is 4.79 Å². The zero-order chi connectivity index (χ0) is 11.8. The number of hydrogen-bond acceptors (Lipinski definition) is 1. The highest BCUT2D eigenvalue weighted by molar-refractivity contribution is 5.88. The quantitative estimate of drug-likeness (QED) is 0.755. The largest absolute Gasteiger partial charge is 0.353 e. The molecule has 1 aromatic carbocycles. The number of rotatable bonds is 5. The van der Waals surface area contributed by atoms with Crippen molar-refractivity contribution in [3.05, 3.63) is 47.5 Å². The van der Waals surface area contributed by atoms with Crippen molar-refractivity contribution < 1.29 is 4.79 Å². The predicted molar refractivity (Wildman–Crippen MR) is 67.2 cm³/mol. The summed E-state index contributed by atoms with van der Waals surface area (Å²) < 4.78 is 0. The molecular weight excluding hydrogens is 198 g/mol. The topological polar surface area (TPSA) is 29.1 Å². The second-order valence-corrected chi connectivity index (χ2v) is 3.87. The van der Waals surface area contributed by atoms with Gasteiger partial charge in [0.05, 0.1) is 0 Å². The van der Waals surface area contributed by atoms with Gasteiger partial charge in [0.15, 0.2) is 0 Å². The van der Waals surface area contributed by atoms with Crippen LogP contribution in [0.15, 0.2) is 42.0 Å². The van der Waals surface area contributed by atoms with Crippen molar-refractivity contribution in [1.29, 1.82) is 0 Å². The van der Waals surface area contributed by atoms with Crippen LogP contribution >= 0.6 is 0 Å². The highest BCUT2D eigenvalue weighted by atomic mass is 16.1. The Hall–Kier alpha value is -1.57. The first kappa shape index (κ1) is 12.5. The summed E-state index contributed by atoms with van der Waals surface area (Å²) in [7, 11) is 0. The number of carbonyl (C=O) groups excluding carboxylic acids is 1. The summed E-state index contributed by atoms with van der Waals surface area (Å²) in [5.74, 6) is 0.00746. The van der Waals surface area contributed by atoms with Crippen molar-refractivity contribution in [2.24, 2.45) is 0 Å². The van der Waals surface area contributed by atoms with Crippen LogP contribution in [0.1, 0.15) is 25.8 Å². The van der Waals surface area contributed by atoms with Crippen molar-refractivity contribution in [2.75, 3.05) is 6.54 Å². The van der Waals surface area contributed by atoms with Crippen molar-refractivity contribution >= 4 is 5.91 Å². The van der Waals surface area contributed by atoms with Gasteiger partial charge in [-0.05, 0) is 32.3 Å². The molecule has 0 saturated heterocycles. The van der Waals surface area contributed by atoms with E-state index in [0.29, 0.717) is 6.54 Å². The summed E-state index contributed by atoms with van der Waals surface area (Å²) in [6, 6.07) is 10.3. The Morgan fingerprint density at radius 2 is 2.00 bits per heavy atom.